The third kappa shape index (κ3) is 2.56. The number of nitrogens with zero attached hydrogens (tertiary/aromatic N) is 2. The second-order valence-corrected chi connectivity index (χ2v) is 5.79. The summed E-state index contributed by atoms with van der Waals surface area (Å²) >= 11 is 0. The van der Waals surface area contributed by atoms with Crippen molar-refractivity contribution in [3.05, 3.63) is 71.4 Å². The third-order valence-electron chi connectivity index (χ3n) is 4.27. The molecule has 1 aliphatic carbocycles. The number of pyridine rings is 2. The number of benzene rings is 1. The standard InChI is InChI=1S/C19H13F3N2/c20-19(21,22)15-8-5-12(6-9-15)16-10-7-14-4-3-13-2-1-11-23-17(13)18(14)24-16/h1-2,5-11H,3-4H2. The van der Waals surface area contributed by atoms with E-state index in [2.05, 4.69) is 9.97 Å². The van der Waals surface area contributed by atoms with Gasteiger partial charge in [-0.05, 0) is 48.2 Å². The van der Waals surface area contributed by atoms with Gasteiger partial charge in [-0.3, -0.25) is 4.98 Å². The van der Waals surface area contributed by atoms with Crippen molar-refractivity contribution in [2.24, 2.45) is 0 Å². The summed E-state index contributed by atoms with van der Waals surface area (Å²) in [4.78, 5) is 9.10. The molecule has 1 aliphatic rings. The van der Waals surface area contributed by atoms with E-state index < -0.39 is 11.7 Å². The number of halogens is 3. The van der Waals surface area contributed by atoms with Crippen molar-refractivity contribution in [1.82, 2.24) is 9.97 Å². The maximum absolute atomic E-state index is 12.7. The first-order valence-corrected chi connectivity index (χ1v) is 7.64. The van der Waals surface area contributed by atoms with Crippen molar-refractivity contribution in [1.29, 1.82) is 0 Å². The summed E-state index contributed by atoms with van der Waals surface area (Å²) in [6.07, 6.45) is -0.767. The van der Waals surface area contributed by atoms with E-state index >= 15 is 0 Å². The predicted molar refractivity (Wildman–Crippen MR) is 85.3 cm³/mol. The van der Waals surface area contributed by atoms with Gasteiger partial charge in [-0.2, -0.15) is 13.2 Å². The van der Waals surface area contributed by atoms with Gasteiger partial charge in [0.05, 0.1) is 22.6 Å². The van der Waals surface area contributed by atoms with Gasteiger partial charge >= 0.3 is 6.18 Å². The van der Waals surface area contributed by atoms with Crippen LogP contribution in [0.25, 0.3) is 22.6 Å². The molecule has 0 radical (unpaired) electrons. The first-order valence-electron chi connectivity index (χ1n) is 7.64. The van der Waals surface area contributed by atoms with Crippen LogP contribution in [0.5, 0.6) is 0 Å². The van der Waals surface area contributed by atoms with Crippen LogP contribution in [0.4, 0.5) is 13.2 Å². The minimum absolute atomic E-state index is 0.654. The lowest BCUT2D eigenvalue weighted by Crippen LogP contribution is -2.08. The number of aryl methyl sites for hydroxylation is 2. The molecule has 0 spiro atoms. The monoisotopic (exact) mass is 326 g/mol. The highest BCUT2D eigenvalue weighted by atomic mass is 19.4. The van der Waals surface area contributed by atoms with Crippen molar-refractivity contribution >= 4 is 0 Å². The Morgan fingerprint density at radius 1 is 0.792 bits per heavy atom. The third-order valence-corrected chi connectivity index (χ3v) is 4.27. The molecule has 0 unspecified atom stereocenters. The molecule has 24 heavy (non-hydrogen) atoms. The highest BCUT2D eigenvalue weighted by molar-refractivity contribution is 5.70. The number of aromatic nitrogens is 2. The van der Waals surface area contributed by atoms with Crippen LogP contribution in [0.2, 0.25) is 0 Å². The van der Waals surface area contributed by atoms with Gasteiger partial charge in [0.2, 0.25) is 0 Å². The van der Waals surface area contributed by atoms with E-state index in [4.69, 9.17) is 0 Å². The van der Waals surface area contributed by atoms with E-state index in [9.17, 15) is 13.2 Å². The van der Waals surface area contributed by atoms with E-state index in [0.29, 0.717) is 11.3 Å². The fourth-order valence-corrected chi connectivity index (χ4v) is 3.01. The van der Waals surface area contributed by atoms with Gasteiger partial charge in [0, 0.05) is 11.8 Å². The average molecular weight is 326 g/mol. The Hall–Kier alpha value is -2.69. The van der Waals surface area contributed by atoms with Gasteiger partial charge in [-0.25, -0.2) is 4.98 Å². The number of hydrogen-bond acceptors (Lipinski definition) is 2. The van der Waals surface area contributed by atoms with Crippen molar-refractivity contribution in [3.8, 4) is 22.6 Å². The predicted octanol–water partition coefficient (Wildman–Crippen LogP) is 4.93. The molecule has 120 valence electrons. The highest BCUT2D eigenvalue weighted by Crippen LogP contribution is 2.34. The Kier molecular flexibility index (Phi) is 3.37. The van der Waals surface area contributed by atoms with Crippen molar-refractivity contribution in [2.75, 3.05) is 0 Å². The quantitative estimate of drug-likeness (QED) is 0.634. The first-order chi connectivity index (χ1) is 11.5. The topological polar surface area (TPSA) is 25.8 Å². The summed E-state index contributed by atoms with van der Waals surface area (Å²) < 4.78 is 38.1. The fraction of sp³-hybridized carbons (Fsp3) is 0.158. The van der Waals surface area contributed by atoms with Crippen LogP contribution < -0.4 is 0 Å². The molecule has 1 aromatic carbocycles. The molecule has 0 amide bonds. The maximum Gasteiger partial charge on any atom is 0.416 e. The SMILES string of the molecule is FC(F)(F)c1ccc(-c2ccc3c(n2)-c2ncccc2CC3)cc1. The summed E-state index contributed by atoms with van der Waals surface area (Å²) in [5.41, 5.74) is 4.63. The van der Waals surface area contributed by atoms with Gasteiger partial charge < -0.3 is 0 Å². The van der Waals surface area contributed by atoms with Crippen molar-refractivity contribution in [3.63, 3.8) is 0 Å². The summed E-state index contributed by atoms with van der Waals surface area (Å²) in [6, 6.07) is 12.9. The average Bonchev–Trinajstić information content (AvgIpc) is 2.60. The molecule has 4 rings (SSSR count). The molecule has 2 aromatic heterocycles. The zero-order chi connectivity index (χ0) is 16.7. The minimum atomic E-state index is -4.33. The summed E-state index contributed by atoms with van der Waals surface area (Å²) in [6.45, 7) is 0. The minimum Gasteiger partial charge on any atom is -0.254 e. The molecule has 5 heteroatoms. The summed E-state index contributed by atoms with van der Waals surface area (Å²) in [5.74, 6) is 0. The zero-order valence-electron chi connectivity index (χ0n) is 12.6. The number of fused-ring (bicyclic) bond motifs is 3. The molecule has 0 fully saturated rings. The lowest BCUT2D eigenvalue weighted by Gasteiger charge is -2.18. The van der Waals surface area contributed by atoms with Crippen LogP contribution in [0.3, 0.4) is 0 Å². The Morgan fingerprint density at radius 3 is 2.21 bits per heavy atom. The molecular weight excluding hydrogens is 313 g/mol. The molecule has 3 aromatic rings. The smallest absolute Gasteiger partial charge is 0.254 e. The molecule has 2 heterocycles. The molecule has 0 saturated heterocycles. The van der Waals surface area contributed by atoms with Gasteiger partial charge in [-0.15, -0.1) is 0 Å². The van der Waals surface area contributed by atoms with Crippen LogP contribution in [0.15, 0.2) is 54.7 Å². The van der Waals surface area contributed by atoms with Crippen molar-refractivity contribution in [2.45, 2.75) is 19.0 Å². The van der Waals surface area contributed by atoms with Crippen LogP contribution in [-0.4, -0.2) is 9.97 Å². The van der Waals surface area contributed by atoms with Gasteiger partial charge in [-0.1, -0.05) is 24.3 Å². The number of hydrogen-bond donors (Lipinski definition) is 0. The second kappa shape index (κ2) is 5.44. The van der Waals surface area contributed by atoms with E-state index in [1.165, 1.54) is 12.1 Å². The second-order valence-electron chi connectivity index (χ2n) is 5.79. The van der Waals surface area contributed by atoms with Gasteiger partial charge in [0.1, 0.15) is 0 Å². The van der Waals surface area contributed by atoms with E-state index in [0.717, 1.165) is 47.5 Å². The van der Waals surface area contributed by atoms with Crippen LogP contribution in [0.1, 0.15) is 16.7 Å². The Morgan fingerprint density at radius 2 is 1.50 bits per heavy atom. The molecule has 0 aliphatic heterocycles. The zero-order valence-corrected chi connectivity index (χ0v) is 12.6. The van der Waals surface area contributed by atoms with Gasteiger partial charge in [0.25, 0.3) is 0 Å². The summed E-state index contributed by atoms with van der Waals surface area (Å²) in [5, 5.41) is 0. The van der Waals surface area contributed by atoms with Crippen molar-refractivity contribution < 1.29 is 13.2 Å². The molecular formula is C19H13F3N2. The fourth-order valence-electron chi connectivity index (χ4n) is 3.01. The highest BCUT2D eigenvalue weighted by Gasteiger charge is 2.30. The van der Waals surface area contributed by atoms with Gasteiger partial charge in [0.15, 0.2) is 0 Å². The van der Waals surface area contributed by atoms with Crippen LogP contribution in [0, 0.1) is 0 Å². The normalized spacial score (nSPS) is 13.3. The van der Waals surface area contributed by atoms with Crippen LogP contribution >= 0.6 is 0 Å². The molecule has 0 atom stereocenters. The van der Waals surface area contributed by atoms with E-state index in [1.807, 2.05) is 24.3 Å². The number of alkyl halides is 3. The molecule has 0 N–H and O–H groups in total. The molecule has 0 bridgehead atoms. The summed E-state index contributed by atoms with van der Waals surface area (Å²) in [7, 11) is 0. The first kappa shape index (κ1) is 14.9. The Balaban J connectivity index is 1.77. The lowest BCUT2D eigenvalue weighted by molar-refractivity contribution is -0.137. The maximum atomic E-state index is 12.7. The molecule has 2 nitrogen and oxygen atoms in total. The van der Waals surface area contributed by atoms with E-state index in [1.54, 1.807) is 6.20 Å². The Bertz CT molecular complexity index is 899. The van der Waals surface area contributed by atoms with E-state index in [-0.39, 0.29) is 0 Å². The largest absolute Gasteiger partial charge is 0.416 e. The lowest BCUT2D eigenvalue weighted by atomic mass is 9.92. The molecule has 0 saturated carbocycles. The van der Waals surface area contributed by atoms with Crippen LogP contribution in [-0.2, 0) is 19.0 Å². The number of rotatable bonds is 1. The Labute approximate surface area is 137 Å².